The highest BCUT2D eigenvalue weighted by Crippen LogP contribution is 2.27. The van der Waals surface area contributed by atoms with Crippen LogP contribution in [0, 0.1) is 10.1 Å². The number of non-ortho nitro benzene ring substituents is 1. The number of hydrogen-bond acceptors (Lipinski definition) is 5. The quantitative estimate of drug-likeness (QED) is 0.434. The molecule has 0 amide bonds. The summed E-state index contributed by atoms with van der Waals surface area (Å²) in [6.45, 7) is 0. The Labute approximate surface area is 129 Å². The second-order valence-electron chi connectivity index (χ2n) is 4.64. The van der Waals surface area contributed by atoms with Gasteiger partial charge in [-0.05, 0) is 24.3 Å². The number of nitro groups is 1. The Morgan fingerprint density at radius 3 is 2.26 bits per heavy atom. The topological polar surface area (TPSA) is 117 Å². The molecule has 8 heteroatoms. The summed E-state index contributed by atoms with van der Waals surface area (Å²) in [6.07, 6.45) is 0. The van der Waals surface area contributed by atoms with E-state index >= 15 is 0 Å². The largest absolute Gasteiger partial charge is 0.295 e. The van der Waals surface area contributed by atoms with Crippen LogP contribution in [0.5, 0.6) is 0 Å². The summed E-state index contributed by atoms with van der Waals surface area (Å²) in [4.78, 5) is 22.1. The second-order valence-corrected chi connectivity index (χ2v) is 4.64. The molecule has 1 aromatic heterocycles. The van der Waals surface area contributed by atoms with Crippen molar-refractivity contribution >= 4 is 17.1 Å². The van der Waals surface area contributed by atoms with Crippen LogP contribution in [-0.4, -0.2) is 15.1 Å². The Morgan fingerprint density at radius 1 is 0.913 bits per heavy atom. The van der Waals surface area contributed by atoms with Crippen molar-refractivity contribution in [3.8, 4) is 11.3 Å². The van der Waals surface area contributed by atoms with E-state index in [2.05, 4.69) is 20.4 Å². The number of hydrogen-bond donors (Lipinski definition) is 2. The summed E-state index contributed by atoms with van der Waals surface area (Å²) in [6, 6.07) is 14.8. The number of azo groups is 1. The van der Waals surface area contributed by atoms with Crippen LogP contribution < -0.4 is 5.56 Å². The van der Waals surface area contributed by atoms with Crippen LogP contribution in [0.1, 0.15) is 0 Å². The Bertz CT molecular complexity index is 910. The predicted octanol–water partition coefficient (Wildman–Crippen LogP) is 3.69. The van der Waals surface area contributed by atoms with E-state index in [1.54, 1.807) is 24.3 Å². The van der Waals surface area contributed by atoms with Gasteiger partial charge in [-0.3, -0.25) is 25.1 Å². The minimum absolute atomic E-state index is 0.0286. The van der Waals surface area contributed by atoms with E-state index in [4.69, 9.17) is 0 Å². The monoisotopic (exact) mass is 309 g/mol. The fourth-order valence-electron chi connectivity index (χ4n) is 2.01. The highest BCUT2D eigenvalue weighted by atomic mass is 16.6. The van der Waals surface area contributed by atoms with Gasteiger partial charge in [0.05, 0.1) is 16.3 Å². The molecule has 3 rings (SSSR count). The number of aromatic amines is 2. The molecular weight excluding hydrogens is 298 g/mol. The second kappa shape index (κ2) is 6.06. The van der Waals surface area contributed by atoms with Crippen LogP contribution in [0.15, 0.2) is 69.6 Å². The summed E-state index contributed by atoms with van der Waals surface area (Å²) in [5, 5.41) is 23.8. The van der Waals surface area contributed by atoms with Gasteiger partial charge in [-0.1, -0.05) is 18.2 Å². The SMILES string of the molecule is O=c1[nH][nH]c(-c2ccc([N+](=O)[O-])cc2)c1N=Nc1ccccc1. The Kier molecular flexibility index (Phi) is 3.79. The summed E-state index contributed by atoms with van der Waals surface area (Å²) >= 11 is 0. The summed E-state index contributed by atoms with van der Waals surface area (Å²) in [5.74, 6) is 0. The molecule has 0 spiro atoms. The van der Waals surface area contributed by atoms with Gasteiger partial charge < -0.3 is 0 Å². The molecule has 0 bridgehead atoms. The number of H-pyrrole nitrogens is 2. The van der Waals surface area contributed by atoms with Gasteiger partial charge >= 0.3 is 0 Å². The zero-order valence-corrected chi connectivity index (χ0v) is 11.8. The third-order valence-corrected chi connectivity index (χ3v) is 3.14. The van der Waals surface area contributed by atoms with Gasteiger partial charge in [0.1, 0.15) is 0 Å². The van der Waals surface area contributed by atoms with E-state index < -0.39 is 10.5 Å². The molecule has 3 aromatic rings. The van der Waals surface area contributed by atoms with Crippen molar-refractivity contribution in [1.29, 1.82) is 0 Å². The van der Waals surface area contributed by atoms with Gasteiger partial charge in [-0.25, -0.2) is 0 Å². The third kappa shape index (κ3) is 3.05. The summed E-state index contributed by atoms with van der Waals surface area (Å²) in [5.41, 5.74) is 1.29. The molecule has 2 N–H and O–H groups in total. The van der Waals surface area contributed by atoms with Crippen molar-refractivity contribution in [2.24, 2.45) is 10.2 Å². The Hall–Kier alpha value is -3.55. The molecule has 0 radical (unpaired) electrons. The van der Waals surface area contributed by atoms with E-state index in [0.717, 1.165) is 0 Å². The van der Waals surface area contributed by atoms with E-state index in [1.807, 2.05) is 18.2 Å². The van der Waals surface area contributed by atoms with Crippen LogP contribution >= 0.6 is 0 Å². The molecule has 114 valence electrons. The first kappa shape index (κ1) is 14.4. The van der Waals surface area contributed by atoms with Gasteiger partial charge in [-0.15, -0.1) is 5.11 Å². The fraction of sp³-hybridized carbons (Fsp3) is 0. The van der Waals surface area contributed by atoms with Crippen LogP contribution in [-0.2, 0) is 0 Å². The highest BCUT2D eigenvalue weighted by molar-refractivity contribution is 5.71. The van der Waals surface area contributed by atoms with Crippen molar-refractivity contribution in [3.63, 3.8) is 0 Å². The maximum absolute atomic E-state index is 11.9. The van der Waals surface area contributed by atoms with Crippen molar-refractivity contribution < 1.29 is 4.92 Å². The van der Waals surface area contributed by atoms with Gasteiger partial charge in [-0.2, -0.15) is 5.11 Å². The number of nitrogens with one attached hydrogen (secondary N) is 2. The van der Waals surface area contributed by atoms with E-state index in [9.17, 15) is 14.9 Å². The normalized spacial score (nSPS) is 11.0. The molecule has 23 heavy (non-hydrogen) atoms. The lowest BCUT2D eigenvalue weighted by Gasteiger charge is -1.98. The number of nitrogens with zero attached hydrogens (tertiary/aromatic N) is 3. The van der Waals surface area contributed by atoms with Gasteiger partial charge in [0.25, 0.3) is 11.2 Å². The minimum Gasteiger partial charge on any atom is -0.295 e. The van der Waals surface area contributed by atoms with Crippen molar-refractivity contribution in [2.75, 3.05) is 0 Å². The molecule has 0 unspecified atom stereocenters. The number of rotatable bonds is 4. The molecule has 0 aliphatic rings. The first-order valence-electron chi connectivity index (χ1n) is 6.67. The molecule has 0 aliphatic heterocycles. The Balaban J connectivity index is 1.97. The van der Waals surface area contributed by atoms with Crippen LogP contribution in [0.25, 0.3) is 11.3 Å². The molecule has 1 heterocycles. The van der Waals surface area contributed by atoms with Crippen LogP contribution in [0.3, 0.4) is 0 Å². The summed E-state index contributed by atoms with van der Waals surface area (Å²) < 4.78 is 0. The first-order chi connectivity index (χ1) is 11.1. The third-order valence-electron chi connectivity index (χ3n) is 3.14. The predicted molar refractivity (Wildman–Crippen MR) is 84.1 cm³/mol. The number of benzene rings is 2. The average Bonchev–Trinajstić information content (AvgIpc) is 2.95. The van der Waals surface area contributed by atoms with Gasteiger partial charge in [0.15, 0.2) is 5.69 Å². The Morgan fingerprint density at radius 2 is 1.61 bits per heavy atom. The highest BCUT2D eigenvalue weighted by Gasteiger charge is 2.13. The number of nitro benzene ring substituents is 1. The molecule has 2 aromatic carbocycles. The van der Waals surface area contributed by atoms with Gasteiger partial charge in [0, 0.05) is 17.7 Å². The molecule has 8 nitrogen and oxygen atoms in total. The van der Waals surface area contributed by atoms with E-state index in [1.165, 1.54) is 12.1 Å². The lowest BCUT2D eigenvalue weighted by Crippen LogP contribution is -1.96. The maximum atomic E-state index is 11.9. The molecule has 0 atom stereocenters. The molecule has 0 fully saturated rings. The molecule has 0 aliphatic carbocycles. The summed E-state index contributed by atoms with van der Waals surface area (Å²) in [7, 11) is 0. The molecular formula is C15H11N5O3. The first-order valence-corrected chi connectivity index (χ1v) is 6.67. The van der Waals surface area contributed by atoms with Gasteiger partial charge in [0.2, 0.25) is 0 Å². The fourth-order valence-corrected chi connectivity index (χ4v) is 2.01. The zero-order valence-electron chi connectivity index (χ0n) is 11.8. The lowest BCUT2D eigenvalue weighted by molar-refractivity contribution is -0.384. The smallest absolute Gasteiger partial charge is 0.292 e. The zero-order chi connectivity index (χ0) is 16.2. The van der Waals surface area contributed by atoms with Crippen molar-refractivity contribution in [1.82, 2.24) is 10.2 Å². The molecule has 0 saturated heterocycles. The van der Waals surface area contributed by atoms with E-state index in [-0.39, 0.29) is 11.4 Å². The maximum Gasteiger partial charge on any atom is 0.292 e. The minimum atomic E-state index is -0.486. The standard InChI is InChI=1S/C15H11N5O3/c21-15-14(18-16-11-4-2-1-3-5-11)13(17-19-15)10-6-8-12(9-7-10)20(22)23/h1-9H,(H2,17,19,21). The average molecular weight is 309 g/mol. The lowest BCUT2D eigenvalue weighted by atomic mass is 10.1. The van der Waals surface area contributed by atoms with Crippen LogP contribution in [0.2, 0.25) is 0 Å². The van der Waals surface area contributed by atoms with Crippen LogP contribution in [0.4, 0.5) is 17.1 Å². The molecule has 0 saturated carbocycles. The van der Waals surface area contributed by atoms with Crippen molar-refractivity contribution in [3.05, 3.63) is 75.1 Å². The van der Waals surface area contributed by atoms with E-state index in [0.29, 0.717) is 16.9 Å². The number of aromatic nitrogens is 2. The van der Waals surface area contributed by atoms with Crippen molar-refractivity contribution in [2.45, 2.75) is 0 Å².